The highest BCUT2D eigenvalue weighted by Crippen LogP contribution is 2.28. The summed E-state index contributed by atoms with van der Waals surface area (Å²) in [5.41, 5.74) is 0.575. The highest BCUT2D eigenvalue weighted by atomic mass is 32.2. The Balaban J connectivity index is 1.61. The maximum Gasteiger partial charge on any atom is 0.387 e. The van der Waals surface area contributed by atoms with Gasteiger partial charge in [-0.25, -0.2) is 0 Å². The zero-order chi connectivity index (χ0) is 17.1. The molecule has 128 valence electrons. The molecule has 2 aromatic rings. The van der Waals surface area contributed by atoms with Crippen molar-refractivity contribution in [3.8, 4) is 17.2 Å². The lowest BCUT2D eigenvalue weighted by atomic mass is 10.2. The van der Waals surface area contributed by atoms with Gasteiger partial charge in [-0.3, -0.25) is 4.79 Å². The van der Waals surface area contributed by atoms with Crippen LogP contribution in [0.5, 0.6) is 5.75 Å². The molecule has 1 fully saturated rings. The first-order valence-electron chi connectivity index (χ1n) is 7.37. The van der Waals surface area contributed by atoms with Gasteiger partial charge in [0.05, 0.1) is 5.25 Å². The molecular weight excluding hydrogens is 340 g/mol. The Morgan fingerprint density at radius 1 is 1.33 bits per heavy atom. The van der Waals surface area contributed by atoms with Crippen LogP contribution in [0.1, 0.15) is 19.8 Å². The van der Waals surface area contributed by atoms with Gasteiger partial charge in [-0.05, 0) is 44.0 Å². The van der Waals surface area contributed by atoms with Crippen molar-refractivity contribution in [3.63, 3.8) is 0 Å². The molecular formula is C15H15F2N3O3S. The molecule has 1 N–H and O–H groups in total. The second-order valence-electron chi connectivity index (χ2n) is 5.32. The van der Waals surface area contributed by atoms with E-state index in [1.165, 1.54) is 23.9 Å². The Morgan fingerprint density at radius 2 is 2.04 bits per heavy atom. The van der Waals surface area contributed by atoms with E-state index in [-0.39, 0.29) is 28.0 Å². The third kappa shape index (κ3) is 4.44. The van der Waals surface area contributed by atoms with Crippen LogP contribution < -0.4 is 10.1 Å². The molecule has 3 rings (SSSR count). The number of carbonyl (C=O) groups excluding carboxylic acids is 1. The highest BCUT2D eigenvalue weighted by molar-refractivity contribution is 8.00. The number of ether oxygens (including phenoxy) is 1. The van der Waals surface area contributed by atoms with Gasteiger partial charge in [0.25, 0.3) is 5.22 Å². The number of nitrogens with zero attached hydrogens (tertiary/aromatic N) is 2. The Kier molecular flexibility index (Phi) is 4.98. The van der Waals surface area contributed by atoms with Gasteiger partial charge in [0, 0.05) is 11.6 Å². The number of hydrogen-bond acceptors (Lipinski definition) is 6. The van der Waals surface area contributed by atoms with Gasteiger partial charge in [-0.15, -0.1) is 10.2 Å². The second kappa shape index (κ2) is 7.16. The molecule has 0 aliphatic heterocycles. The van der Waals surface area contributed by atoms with E-state index in [1.807, 2.05) is 0 Å². The van der Waals surface area contributed by atoms with Crippen LogP contribution >= 0.6 is 11.8 Å². The molecule has 1 aliphatic carbocycles. The fraction of sp³-hybridized carbons (Fsp3) is 0.400. The standard InChI is InChI=1S/C15H15F2N3O3S/c1-8(12(21)18-10-4-5-10)24-15-20-19-13(23-15)9-2-6-11(7-3-9)22-14(16)17/h2-3,6-8,10,14H,4-5H2,1H3,(H,18,21). The van der Waals surface area contributed by atoms with Gasteiger partial charge < -0.3 is 14.5 Å². The van der Waals surface area contributed by atoms with Crippen LogP contribution in [0.15, 0.2) is 33.9 Å². The number of halogens is 2. The minimum absolute atomic E-state index is 0.0493. The van der Waals surface area contributed by atoms with E-state index < -0.39 is 6.61 Å². The van der Waals surface area contributed by atoms with Gasteiger partial charge in [0.1, 0.15) is 5.75 Å². The zero-order valence-corrected chi connectivity index (χ0v) is 13.6. The number of aromatic nitrogens is 2. The predicted molar refractivity (Wildman–Crippen MR) is 82.8 cm³/mol. The minimum atomic E-state index is -2.87. The molecule has 1 heterocycles. The molecule has 1 atom stereocenters. The number of rotatable bonds is 7. The summed E-state index contributed by atoms with van der Waals surface area (Å²) >= 11 is 1.17. The monoisotopic (exact) mass is 355 g/mol. The quantitative estimate of drug-likeness (QED) is 0.769. The zero-order valence-electron chi connectivity index (χ0n) is 12.7. The van der Waals surface area contributed by atoms with E-state index in [2.05, 4.69) is 20.3 Å². The molecule has 0 radical (unpaired) electrons. The molecule has 1 saturated carbocycles. The number of benzene rings is 1. The first-order chi connectivity index (χ1) is 11.5. The van der Waals surface area contributed by atoms with Gasteiger partial charge in [-0.2, -0.15) is 8.78 Å². The van der Waals surface area contributed by atoms with E-state index in [4.69, 9.17) is 4.42 Å². The summed E-state index contributed by atoms with van der Waals surface area (Å²) in [7, 11) is 0. The number of carbonyl (C=O) groups is 1. The molecule has 1 aromatic heterocycles. The molecule has 1 aliphatic rings. The molecule has 6 nitrogen and oxygen atoms in total. The van der Waals surface area contributed by atoms with E-state index in [9.17, 15) is 13.6 Å². The summed E-state index contributed by atoms with van der Waals surface area (Å²) in [5, 5.41) is 10.6. The molecule has 1 aromatic carbocycles. The summed E-state index contributed by atoms with van der Waals surface area (Å²) in [5.74, 6) is 0.236. The number of hydrogen-bond donors (Lipinski definition) is 1. The van der Waals surface area contributed by atoms with Crippen molar-refractivity contribution in [2.45, 2.75) is 42.9 Å². The molecule has 0 bridgehead atoms. The van der Waals surface area contributed by atoms with Crippen molar-refractivity contribution in [2.24, 2.45) is 0 Å². The average Bonchev–Trinajstić information content (AvgIpc) is 3.23. The van der Waals surface area contributed by atoms with Crippen LogP contribution in [0.3, 0.4) is 0 Å². The van der Waals surface area contributed by atoms with Crippen molar-refractivity contribution in [3.05, 3.63) is 24.3 Å². The minimum Gasteiger partial charge on any atom is -0.435 e. The second-order valence-corrected chi connectivity index (χ2v) is 6.61. The Bertz CT molecular complexity index is 704. The third-order valence-corrected chi connectivity index (χ3v) is 4.24. The number of amides is 1. The fourth-order valence-electron chi connectivity index (χ4n) is 1.90. The summed E-state index contributed by atoms with van der Waals surface area (Å²) in [4.78, 5) is 11.9. The third-order valence-electron chi connectivity index (χ3n) is 3.30. The lowest BCUT2D eigenvalue weighted by molar-refractivity contribution is -0.120. The topological polar surface area (TPSA) is 77.2 Å². The van der Waals surface area contributed by atoms with Gasteiger partial charge >= 0.3 is 6.61 Å². The van der Waals surface area contributed by atoms with E-state index in [0.29, 0.717) is 11.6 Å². The van der Waals surface area contributed by atoms with Crippen LogP contribution in [-0.4, -0.2) is 34.0 Å². The lowest BCUT2D eigenvalue weighted by Crippen LogP contribution is -2.32. The molecule has 0 saturated heterocycles. The first kappa shape index (κ1) is 16.7. The SMILES string of the molecule is CC(Sc1nnc(-c2ccc(OC(F)F)cc2)o1)C(=O)NC1CC1. The van der Waals surface area contributed by atoms with Crippen LogP contribution in [0.2, 0.25) is 0 Å². The number of thioether (sulfide) groups is 1. The molecule has 1 amide bonds. The summed E-state index contributed by atoms with van der Waals surface area (Å²) < 4.78 is 34.0. The normalized spacial score (nSPS) is 15.3. The smallest absolute Gasteiger partial charge is 0.387 e. The maximum absolute atomic E-state index is 12.1. The fourth-order valence-corrected chi connectivity index (χ4v) is 2.60. The largest absolute Gasteiger partial charge is 0.435 e. The van der Waals surface area contributed by atoms with E-state index in [1.54, 1.807) is 19.1 Å². The molecule has 24 heavy (non-hydrogen) atoms. The van der Waals surface area contributed by atoms with Crippen molar-refractivity contribution in [2.75, 3.05) is 0 Å². The number of nitrogens with one attached hydrogen (secondary N) is 1. The number of alkyl halides is 2. The average molecular weight is 355 g/mol. The highest BCUT2D eigenvalue weighted by Gasteiger charge is 2.27. The summed E-state index contributed by atoms with van der Waals surface area (Å²) in [6.45, 7) is -1.10. The van der Waals surface area contributed by atoms with Crippen LogP contribution in [0.25, 0.3) is 11.5 Å². The maximum atomic E-state index is 12.1. The molecule has 9 heteroatoms. The Morgan fingerprint density at radius 3 is 2.67 bits per heavy atom. The predicted octanol–water partition coefficient (Wildman–Crippen LogP) is 3.10. The van der Waals surface area contributed by atoms with E-state index in [0.717, 1.165) is 12.8 Å². The van der Waals surface area contributed by atoms with E-state index >= 15 is 0 Å². The van der Waals surface area contributed by atoms with Crippen molar-refractivity contribution >= 4 is 17.7 Å². The molecule has 1 unspecified atom stereocenters. The van der Waals surface area contributed by atoms with Gasteiger partial charge in [0.2, 0.25) is 11.8 Å². The van der Waals surface area contributed by atoms with Crippen molar-refractivity contribution < 1.29 is 22.7 Å². The summed E-state index contributed by atoms with van der Waals surface area (Å²) in [6.07, 6.45) is 2.05. The van der Waals surface area contributed by atoms with Crippen LogP contribution in [-0.2, 0) is 4.79 Å². The van der Waals surface area contributed by atoms with Gasteiger partial charge in [-0.1, -0.05) is 11.8 Å². The molecule has 0 spiro atoms. The van der Waals surface area contributed by atoms with Crippen LogP contribution in [0.4, 0.5) is 8.78 Å². The Hall–Kier alpha value is -2.16. The summed E-state index contributed by atoms with van der Waals surface area (Å²) in [6, 6.07) is 6.17. The Labute approximate surface area is 141 Å². The van der Waals surface area contributed by atoms with Gasteiger partial charge in [0.15, 0.2) is 0 Å². The lowest BCUT2D eigenvalue weighted by Gasteiger charge is -2.08. The first-order valence-corrected chi connectivity index (χ1v) is 8.25. The van der Waals surface area contributed by atoms with Crippen LogP contribution in [0, 0.1) is 0 Å². The van der Waals surface area contributed by atoms with Crippen molar-refractivity contribution in [1.82, 2.24) is 15.5 Å². The van der Waals surface area contributed by atoms with Crippen molar-refractivity contribution in [1.29, 1.82) is 0 Å².